The van der Waals surface area contributed by atoms with E-state index >= 15 is 0 Å². The smallest absolute Gasteiger partial charge is 0.193 e. The van der Waals surface area contributed by atoms with Crippen LogP contribution in [0.25, 0.3) is 0 Å². The predicted molar refractivity (Wildman–Crippen MR) is 80.7 cm³/mol. The molecular formula is C14H26N6. The molecule has 1 N–H and O–H groups in total. The molecule has 0 saturated heterocycles. The summed E-state index contributed by atoms with van der Waals surface area (Å²) < 4.78 is 2.25. The monoisotopic (exact) mass is 278 g/mol. The second kappa shape index (κ2) is 7.26. The zero-order valence-electron chi connectivity index (χ0n) is 12.9. The van der Waals surface area contributed by atoms with Crippen LogP contribution < -0.4 is 5.32 Å². The number of nitrogens with zero attached hydrogens (tertiary/aromatic N) is 5. The van der Waals surface area contributed by atoms with Gasteiger partial charge in [0.2, 0.25) is 0 Å². The van der Waals surface area contributed by atoms with Crippen molar-refractivity contribution >= 4 is 5.96 Å². The molecule has 0 bridgehead atoms. The molecule has 0 amide bonds. The van der Waals surface area contributed by atoms with Crippen LogP contribution in [-0.2, 0) is 19.5 Å². The fourth-order valence-corrected chi connectivity index (χ4v) is 2.54. The zero-order valence-corrected chi connectivity index (χ0v) is 12.9. The molecule has 6 heteroatoms. The molecular weight excluding hydrogens is 252 g/mol. The van der Waals surface area contributed by atoms with Crippen molar-refractivity contribution in [1.82, 2.24) is 25.0 Å². The highest BCUT2D eigenvalue weighted by Gasteiger charge is 2.16. The molecule has 1 aliphatic rings. The Balaban J connectivity index is 1.92. The number of aliphatic imine (C=N–C) groups is 1. The van der Waals surface area contributed by atoms with E-state index in [1.54, 1.807) is 0 Å². The lowest BCUT2D eigenvalue weighted by Gasteiger charge is -2.22. The van der Waals surface area contributed by atoms with Crippen LogP contribution >= 0.6 is 0 Å². The third kappa shape index (κ3) is 3.49. The van der Waals surface area contributed by atoms with Crippen LogP contribution in [0.15, 0.2) is 4.99 Å². The second-order valence-corrected chi connectivity index (χ2v) is 5.32. The third-order valence-electron chi connectivity index (χ3n) is 3.76. The number of fused-ring (bicyclic) bond motifs is 1. The molecule has 1 aromatic heterocycles. The summed E-state index contributed by atoms with van der Waals surface area (Å²) in [5, 5.41) is 12.0. The number of aryl methyl sites for hydroxylation is 1. The average molecular weight is 278 g/mol. The molecule has 1 aromatic rings. The quantitative estimate of drug-likeness (QED) is 0.654. The maximum Gasteiger partial charge on any atom is 0.193 e. The normalized spacial score (nSPS) is 15.1. The van der Waals surface area contributed by atoms with Crippen LogP contribution in [-0.4, -0.2) is 46.3 Å². The van der Waals surface area contributed by atoms with E-state index in [0.29, 0.717) is 6.54 Å². The molecule has 2 heterocycles. The van der Waals surface area contributed by atoms with Gasteiger partial charge in [-0.25, -0.2) is 0 Å². The summed E-state index contributed by atoms with van der Waals surface area (Å²) in [6, 6.07) is 0. The van der Waals surface area contributed by atoms with E-state index in [-0.39, 0.29) is 0 Å². The van der Waals surface area contributed by atoms with Crippen molar-refractivity contribution in [3.8, 4) is 0 Å². The van der Waals surface area contributed by atoms with Gasteiger partial charge in [0.15, 0.2) is 11.8 Å². The largest absolute Gasteiger partial charge is 0.349 e. The fraction of sp³-hybridized carbons (Fsp3) is 0.786. The van der Waals surface area contributed by atoms with Crippen LogP contribution in [0.5, 0.6) is 0 Å². The Labute approximate surface area is 121 Å². The number of unbranched alkanes of at least 4 members (excludes halogenated alkanes) is 1. The first-order chi connectivity index (χ1) is 9.76. The van der Waals surface area contributed by atoms with Gasteiger partial charge in [0.25, 0.3) is 0 Å². The highest BCUT2D eigenvalue weighted by Crippen LogP contribution is 2.13. The Kier molecular flexibility index (Phi) is 5.38. The lowest BCUT2D eigenvalue weighted by atomic mass is 10.2. The van der Waals surface area contributed by atoms with Gasteiger partial charge in [0.1, 0.15) is 5.82 Å². The first-order valence-corrected chi connectivity index (χ1v) is 7.59. The lowest BCUT2D eigenvalue weighted by Crippen LogP contribution is -2.39. The van der Waals surface area contributed by atoms with E-state index in [9.17, 15) is 0 Å². The molecule has 20 heavy (non-hydrogen) atoms. The van der Waals surface area contributed by atoms with Crippen molar-refractivity contribution in [1.29, 1.82) is 0 Å². The molecule has 0 radical (unpaired) electrons. The summed E-state index contributed by atoms with van der Waals surface area (Å²) in [6.45, 7) is 4.96. The standard InChI is InChI=1S/C14H26N6/c1-4-5-9-19(3)14(15-2)16-11-13-18-17-12-8-6-7-10-20(12)13/h4-11H2,1-3H3,(H,15,16). The van der Waals surface area contributed by atoms with Gasteiger partial charge in [-0.3, -0.25) is 4.99 Å². The van der Waals surface area contributed by atoms with E-state index in [1.807, 2.05) is 7.05 Å². The van der Waals surface area contributed by atoms with Gasteiger partial charge >= 0.3 is 0 Å². The molecule has 112 valence electrons. The molecule has 0 spiro atoms. The summed E-state index contributed by atoms with van der Waals surface area (Å²) in [6.07, 6.45) is 5.88. The molecule has 0 atom stereocenters. The van der Waals surface area contributed by atoms with Gasteiger partial charge in [-0.1, -0.05) is 13.3 Å². The van der Waals surface area contributed by atoms with Crippen LogP contribution in [0, 0.1) is 0 Å². The minimum absolute atomic E-state index is 0.691. The molecule has 0 saturated carbocycles. The van der Waals surface area contributed by atoms with E-state index < -0.39 is 0 Å². The maximum atomic E-state index is 4.33. The van der Waals surface area contributed by atoms with Crippen LogP contribution in [0.4, 0.5) is 0 Å². The fourth-order valence-electron chi connectivity index (χ4n) is 2.54. The van der Waals surface area contributed by atoms with E-state index in [1.165, 1.54) is 25.7 Å². The Morgan fingerprint density at radius 2 is 2.25 bits per heavy atom. The van der Waals surface area contributed by atoms with Gasteiger partial charge in [0.05, 0.1) is 6.54 Å². The molecule has 2 rings (SSSR count). The Morgan fingerprint density at radius 3 is 3.00 bits per heavy atom. The second-order valence-electron chi connectivity index (χ2n) is 5.32. The minimum Gasteiger partial charge on any atom is -0.349 e. The van der Waals surface area contributed by atoms with Crippen molar-refractivity contribution in [2.24, 2.45) is 4.99 Å². The van der Waals surface area contributed by atoms with Crippen molar-refractivity contribution in [2.75, 3.05) is 20.6 Å². The van der Waals surface area contributed by atoms with E-state index in [2.05, 4.69) is 43.9 Å². The van der Waals surface area contributed by atoms with Crippen LogP contribution in [0.3, 0.4) is 0 Å². The minimum atomic E-state index is 0.691. The van der Waals surface area contributed by atoms with Gasteiger partial charge in [0, 0.05) is 33.6 Å². The molecule has 0 unspecified atom stereocenters. The van der Waals surface area contributed by atoms with E-state index in [4.69, 9.17) is 0 Å². The number of hydrogen-bond donors (Lipinski definition) is 1. The molecule has 0 fully saturated rings. The SMILES string of the molecule is CCCCN(C)C(=NC)NCc1nnc2n1CCCC2. The summed E-state index contributed by atoms with van der Waals surface area (Å²) in [5.41, 5.74) is 0. The maximum absolute atomic E-state index is 4.33. The number of nitrogens with one attached hydrogen (secondary N) is 1. The number of hydrogen-bond acceptors (Lipinski definition) is 3. The summed E-state index contributed by atoms with van der Waals surface area (Å²) in [7, 11) is 3.90. The van der Waals surface area contributed by atoms with Gasteiger partial charge in [-0.2, -0.15) is 0 Å². The number of rotatable bonds is 5. The molecule has 0 aliphatic carbocycles. The third-order valence-corrected chi connectivity index (χ3v) is 3.76. The van der Waals surface area contributed by atoms with Crippen molar-refractivity contribution < 1.29 is 0 Å². The predicted octanol–water partition coefficient (Wildman–Crippen LogP) is 1.42. The van der Waals surface area contributed by atoms with Crippen LogP contribution in [0.2, 0.25) is 0 Å². The summed E-state index contributed by atoms with van der Waals surface area (Å²) in [5.74, 6) is 3.07. The molecule has 6 nitrogen and oxygen atoms in total. The van der Waals surface area contributed by atoms with Crippen molar-refractivity contribution in [3.63, 3.8) is 0 Å². The summed E-state index contributed by atoms with van der Waals surface area (Å²) in [4.78, 5) is 6.49. The van der Waals surface area contributed by atoms with Gasteiger partial charge in [-0.05, 0) is 19.3 Å². The highest BCUT2D eigenvalue weighted by molar-refractivity contribution is 5.79. The topological polar surface area (TPSA) is 58.3 Å². The average Bonchev–Trinajstić information content (AvgIpc) is 2.89. The Hall–Kier alpha value is -1.59. The van der Waals surface area contributed by atoms with Crippen LogP contribution in [0.1, 0.15) is 44.3 Å². The molecule has 1 aliphatic heterocycles. The van der Waals surface area contributed by atoms with E-state index in [0.717, 1.165) is 37.1 Å². The Morgan fingerprint density at radius 1 is 1.40 bits per heavy atom. The van der Waals surface area contributed by atoms with Gasteiger partial charge < -0.3 is 14.8 Å². The van der Waals surface area contributed by atoms with Crippen molar-refractivity contribution in [2.45, 2.75) is 52.1 Å². The van der Waals surface area contributed by atoms with Gasteiger partial charge in [-0.15, -0.1) is 10.2 Å². The number of guanidine groups is 1. The lowest BCUT2D eigenvalue weighted by molar-refractivity contribution is 0.459. The highest BCUT2D eigenvalue weighted by atomic mass is 15.3. The first kappa shape index (κ1) is 14.8. The number of aromatic nitrogens is 3. The Bertz CT molecular complexity index is 451. The van der Waals surface area contributed by atoms with Crippen molar-refractivity contribution in [3.05, 3.63) is 11.6 Å². The molecule has 0 aromatic carbocycles. The zero-order chi connectivity index (χ0) is 14.4. The summed E-state index contributed by atoms with van der Waals surface area (Å²) >= 11 is 0. The first-order valence-electron chi connectivity index (χ1n) is 7.59.